The fraction of sp³-hybridized carbons (Fsp3) is 0.368. The van der Waals surface area contributed by atoms with Crippen LogP contribution in [0.2, 0.25) is 0 Å². The first-order valence-electron chi connectivity index (χ1n) is 8.74. The monoisotopic (exact) mass is 369 g/mol. The predicted molar refractivity (Wildman–Crippen MR) is 105 cm³/mol. The molecule has 6 nitrogen and oxygen atoms in total. The predicted octanol–water partition coefficient (Wildman–Crippen LogP) is 4.23. The van der Waals surface area contributed by atoms with Gasteiger partial charge in [0, 0.05) is 11.5 Å². The van der Waals surface area contributed by atoms with Gasteiger partial charge in [-0.2, -0.15) is 5.10 Å². The number of thioether (sulfide) groups is 1. The highest BCUT2D eigenvalue weighted by molar-refractivity contribution is 8.00. The molecular weight excluding hydrogens is 346 g/mol. The molecule has 2 heterocycles. The zero-order valence-corrected chi connectivity index (χ0v) is 16.2. The summed E-state index contributed by atoms with van der Waals surface area (Å²) >= 11 is 1.44. The summed E-state index contributed by atoms with van der Waals surface area (Å²) in [6.07, 6.45) is 2.65. The van der Waals surface area contributed by atoms with E-state index in [-0.39, 0.29) is 17.2 Å². The average Bonchev–Trinajstić information content (AvgIpc) is 3.08. The van der Waals surface area contributed by atoms with Crippen molar-refractivity contribution in [3.05, 3.63) is 42.4 Å². The minimum atomic E-state index is -0.298. The standard InChI is InChI=1S/C19H23N5OS/c1-5-12(2)24-17(10-11-20-24)23-18(25)13(3)26-19-15-8-6-7-9-16(15)21-14(4)22-19/h6-13H,5H2,1-4H3,(H,23,25)/t12-,13-/m0/s1. The van der Waals surface area contributed by atoms with Gasteiger partial charge < -0.3 is 5.32 Å². The molecule has 7 heteroatoms. The molecule has 1 aromatic carbocycles. The number of hydrogen-bond donors (Lipinski definition) is 1. The van der Waals surface area contributed by atoms with E-state index >= 15 is 0 Å². The highest BCUT2D eigenvalue weighted by atomic mass is 32.2. The van der Waals surface area contributed by atoms with E-state index in [2.05, 4.69) is 34.2 Å². The first kappa shape index (κ1) is 18.4. The third-order valence-electron chi connectivity index (χ3n) is 4.27. The summed E-state index contributed by atoms with van der Waals surface area (Å²) in [7, 11) is 0. The summed E-state index contributed by atoms with van der Waals surface area (Å²) in [5.41, 5.74) is 0.893. The first-order chi connectivity index (χ1) is 12.5. The maximum Gasteiger partial charge on any atom is 0.238 e. The number of benzene rings is 1. The molecule has 2 atom stereocenters. The molecule has 0 aliphatic heterocycles. The highest BCUT2D eigenvalue weighted by Crippen LogP contribution is 2.29. The summed E-state index contributed by atoms with van der Waals surface area (Å²) in [6, 6.07) is 9.92. The second kappa shape index (κ2) is 7.86. The molecule has 1 amide bonds. The lowest BCUT2D eigenvalue weighted by Gasteiger charge is -2.16. The van der Waals surface area contributed by atoms with Crippen LogP contribution in [-0.4, -0.2) is 30.9 Å². The number of carbonyl (C=O) groups excluding carboxylic acids is 1. The Hall–Kier alpha value is -2.41. The van der Waals surface area contributed by atoms with Gasteiger partial charge in [0.25, 0.3) is 0 Å². The summed E-state index contributed by atoms with van der Waals surface area (Å²) in [5, 5.41) is 8.79. The molecule has 0 spiro atoms. The molecule has 3 aromatic rings. The van der Waals surface area contributed by atoms with Crippen LogP contribution in [0.4, 0.5) is 5.82 Å². The third kappa shape index (κ3) is 3.88. The molecule has 0 radical (unpaired) electrons. The van der Waals surface area contributed by atoms with Gasteiger partial charge in [-0.1, -0.05) is 36.9 Å². The second-order valence-corrected chi connectivity index (χ2v) is 7.59. The lowest BCUT2D eigenvalue weighted by atomic mass is 10.2. The molecule has 0 unspecified atom stereocenters. The van der Waals surface area contributed by atoms with Gasteiger partial charge >= 0.3 is 0 Å². The van der Waals surface area contributed by atoms with Crippen LogP contribution >= 0.6 is 11.8 Å². The van der Waals surface area contributed by atoms with E-state index in [4.69, 9.17) is 0 Å². The van der Waals surface area contributed by atoms with Crippen molar-refractivity contribution in [1.29, 1.82) is 0 Å². The van der Waals surface area contributed by atoms with Crippen LogP contribution in [0.5, 0.6) is 0 Å². The minimum Gasteiger partial charge on any atom is -0.310 e. The number of hydrogen-bond acceptors (Lipinski definition) is 5. The van der Waals surface area contributed by atoms with E-state index in [1.54, 1.807) is 6.20 Å². The largest absolute Gasteiger partial charge is 0.310 e. The van der Waals surface area contributed by atoms with Gasteiger partial charge in [-0.05, 0) is 33.3 Å². The van der Waals surface area contributed by atoms with Gasteiger partial charge in [0.15, 0.2) is 0 Å². The van der Waals surface area contributed by atoms with Crippen molar-refractivity contribution in [3.8, 4) is 0 Å². The van der Waals surface area contributed by atoms with E-state index in [1.165, 1.54) is 11.8 Å². The van der Waals surface area contributed by atoms with E-state index in [1.807, 2.05) is 48.9 Å². The van der Waals surface area contributed by atoms with E-state index < -0.39 is 0 Å². The number of anilines is 1. The van der Waals surface area contributed by atoms with Crippen molar-refractivity contribution < 1.29 is 4.79 Å². The molecule has 136 valence electrons. The molecule has 0 saturated heterocycles. The lowest BCUT2D eigenvalue weighted by molar-refractivity contribution is -0.115. The van der Waals surface area contributed by atoms with Crippen LogP contribution in [-0.2, 0) is 4.79 Å². The van der Waals surface area contributed by atoms with Gasteiger partial charge in [0.2, 0.25) is 5.91 Å². The van der Waals surface area contributed by atoms with Crippen LogP contribution < -0.4 is 5.32 Å². The number of nitrogens with zero attached hydrogens (tertiary/aromatic N) is 4. The SMILES string of the molecule is CC[C@H](C)n1nccc1NC(=O)[C@H](C)Sc1nc(C)nc2ccccc12. The van der Waals surface area contributed by atoms with Crippen LogP contribution in [0.3, 0.4) is 0 Å². The Morgan fingerprint density at radius 2 is 2.00 bits per heavy atom. The molecule has 0 aliphatic carbocycles. The van der Waals surface area contributed by atoms with Crippen molar-refractivity contribution in [2.75, 3.05) is 5.32 Å². The summed E-state index contributed by atoms with van der Waals surface area (Å²) in [5.74, 6) is 1.36. The number of para-hydroxylation sites is 1. The van der Waals surface area contributed by atoms with Gasteiger partial charge in [-0.15, -0.1) is 0 Å². The number of amides is 1. The van der Waals surface area contributed by atoms with E-state index in [0.717, 1.165) is 28.2 Å². The summed E-state index contributed by atoms with van der Waals surface area (Å²) < 4.78 is 1.85. The van der Waals surface area contributed by atoms with Gasteiger partial charge in [-0.3, -0.25) is 4.79 Å². The van der Waals surface area contributed by atoms with Gasteiger partial charge in [0.05, 0.1) is 23.0 Å². The fourth-order valence-corrected chi connectivity index (χ4v) is 3.62. The Balaban J connectivity index is 1.78. The Kier molecular flexibility index (Phi) is 5.56. The molecule has 1 N–H and O–H groups in total. The Labute approximate surface area is 157 Å². The number of rotatable bonds is 6. The van der Waals surface area contributed by atoms with Crippen molar-refractivity contribution in [3.63, 3.8) is 0 Å². The van der Waals surface area contributed by atoms with Crippen molar-refractivity contribution in [1.82, 2.24) is 19.7 Å². The zero-order valence-electron chi connectivity index (χ0n) is 15.4. The smallest absolute Gasteiger partial charge is 0.238 e. The lowest BCUT2D eigenvalue weighted by Crippen LogP contribution is -2.25. The third-order valence-corrected chi connectivity index (χ3v) is 5.37. The topological polar surface area (TPSA) is 72.7 Å². The van der Waals surface area contributed by atoms with Crippen molar-refractivity contribution in [2.24, 2.45) is 0 Å². The number of aromatic nitrogens is 4. The summed E-state index contributed by atoms with van der Waals surface area (Å²) in [6.45, 7) is 7.93. The zero-order chi connectivity index (χ0) is 18.7. The van der Waals surface area contributed by atoms with Crippen LogP contribution in [0, 0.1) is 6.92 Å². The summed E-state index contributed by atoms with van der Waals surface area (Å²) in [4.78, 5) is 21.7. The van der Waals surface area contributed by atoms with Gasteiger partial charge in [-0.25, -0.2) is 14.6 Å². The minimum absolute atomic E-state index is 0.0691. The Morgan fingerprint density at radius 1 is 1.23 bits per heavy atom. The molecule has 26 heavy (non-hydrogen) atoms. The van der Waals surface area contributed by atoms with Crippen LogP contribution in [0.15, 0.2) is 41.6 Å². The van der Waals surface area contributed by atoms with Crippen molar-refractivity contribution in [2.45, 2.75) is 50.4 Å². The second-order valence-electron chi connectivity index (χ2n) is 6.26. The molecule has 0 saturated carbocycles. The van der Waals surface area contributed by atoms with Gasteiger partial charge in [0.1, 0.15) is 16.7 Å². The van der Waals surface area contributed by atoms with Crippen LogP contribution in [0.25, 0.3) is 10.9 Å². The molecule has 0 fully saturated rings. The maximum absolute atomic E-state index is 12.7. The average molecular weight is 369 g/mol. The van der Waals surface area contributed by atoms with E-state index in [9.17, 15) is 4.79 Å². The quantitative estimate of drug-likeness (QED) is 0.520. The molecule has 0 aliphatic rings. The molecule has 0 bridgehead atoms. The first-order valence-corrected chi connectivity index (χ1v) is 9.62. The number of carbonyl (C=O) groups is 1. The fourth-order valence-electron chi connectivity index (χ4n) is 2.63. The Morgan fingerprint density at radius 3 is 2.77 bits per heavy atom. The Bertz CT molecular complexity index is 923. The van der Waals surface area contributed by atoms with Crippen LogP contribution in [0.1, 0.15) is 39.1 Å². The number of aryl methyl sites for hydroxylation is 1. The number of fused-ring (bicyclic) bond motifs is 1. The normalized spacial score (nSPS) is 13.5. The molecule has 3 rings (SSSR count). The van der Waals surface area contributed by atoms with Crippen molar-refractivity contribution >= 4 is 34.4 Å². The van der Waals surface area contributed by atoms with E-state index in [0.29, 0.717) is 5.82 Å². The highest BCUT2D eigenvalue weighted by Gasteiger charge is 2.19. The number of nitrogens with one attached hydrogen (secondary N) is 1. The molecular formula is C19H23N5OS. The molecule has 2 aromatic heterocycles. The maximum atomic E-state index is 12.7.